The largest absolute Gasteiger partial charge is 0.355 e. The Morgan fingerprint density at radius 3 is 2.56 bits per heavy atom. The molecule has 3 heteroatoms. The van der Waals surface area contributed by atoms with Crippen molar-refractivity contribution in [1.82, 2.24) is 10.2 Å². The molecule has 1 amide bonds. The topological polar surface area (TPSA) is 32.3 Å². The molecule has 0 unspecified atom stereocenters. The maximum atomic E-state index is 11.3. The van der Waals surface area contributed by atoms with Crippen LogP contribution in [0.2, 0.25) is 0 Å². The summed E-state index contributed by atoms with van der Waals surface area (Å²) in [6.45, 7) is 8.58. The fourth-order valence-electron chi connectivity index (χ4n) is 2.29. The molecule has 0 bridgehead atoms. The summed E-state index contributed by atoms with van der Waals surface area (Å²) < 4.78 is 0. The smallest absolute Gasteiger partial charge is 0.220 e. The fraction of sp³-hybridized carbons (Fsp3) is 0.923. The van der Waals surface area contributed by atoms with Gasteiger partial charge in [-0.25, -0.2) is 0 Å². The number of nitrogens with zero attached hydrogens (tertiary/aromatic N) is 1. The van der Waals surface area contributed by atoms with E-state index in [-0.39, 0.29) is 5.91 Å². The summed E-state index contributed by atoms with van der Waals surface area (Å²) in [5.74, 6) is 1.14. The predicted molar refractivity (Wildman–Crippen MR) is 67.4 cm³/mol. The molecule has 1 aliphatic heterocycles. The van der Waals surface area contributed by atoms with E-state index in [1.807, 2.05) is 6.92 Å². The molecule has 16 heavy (non-hydrogen) atoms. The van der Waals surface area contributed by atoms with Crippen molar-refractivity contribution in [3.8, 4) is 0 Å². The normalized spacial score (nSPS) is 18.6. The second-order valence-electron chi connectivity index (χ2n) is 4.79. The Balaban J connectivity index is 2.04. The zero-order chi connectivity index (χ0) is 11.8. The first-order valence-corrected chi connectivity index (χ1v) is 6.75. The van der Waals surface area contributed by atoms with Gasteiger partial charge in [-0.15, -0.1) is 0 Å². The van der Waals surface area contributed by atoms with Crippen LogP contribution in [0.3, 0.4) is 0 Å². The molecule has 0 aromatic heterocycles. The van der Waals surface area contributed by atoms with Crippen molar-refractivity contribution < 1.29 is 4.79 Å². The van der Waals surface area contributed by atoms with Crippen LogP contribution in [0.1, 0.15) is 46.0 Å². The van der Waals surface area contributed by atoms with Gasteiger partial charge in [0.15, 0.2) is 0 Å². The van der Waals surface area contributed by atoms with Gasteiger partial charge in [-0.3, -0.25) is 4.79 Å². The third-order valence-electron chi connectivity index (χ3n) is 3.51. The quantitative estimate of drug-likeness (QED) is 0.751. The number of piperidine rings is 1. The summed E-state index contributed by atoms with van der Waals surface area (Å²) in [6.07, 6.45) is 5.59. The second-order valence-corrected chi connectivity index (χ2v) is 4.79. The molecule has 0 aliphatic carbocycles. The van der Waals surface area contributed by atoms with Crippen LogP contribution in [0.4, 0.5) is 0 Å². The average molecular weight is 226 g/mol. The molecule has 1 heterocycles. The van der Waals surface area contributed by atoms with Gasteiger partial charge in [-0.1, -0.05) is 20.3 Å². The van der Waals surface area contributed by atoms with Crippen LogP contribution in [-0.4, -0.2) is 37.0 Å². The molecule has 1 saturated heterocycles. The lowest BCUT2D eigenvalue weighted by Crippen LogP contribution is -2.39. The fourth-order valence-corrected chi connectivity index (χ4v) is 2.29. The lowest BCUT2D eigenvalue weighted by molar-refractivity contribution is -0.121. The first-order chi connectivity index (χ1) is 7.76. The first kappa shape index (κ1) is 13.5. The van der Waals surface area contributed by atoms with E-state index in [1.165, 1.54) is 32.4 Å². The second kappa shape index (κ2) is 7.66. The molecule has 0 spiro atoms. The van der Waals surface area contributed by atoms with Crippen molar-refractivity contribution >= 4 is 5.91 Å². The molecular formula is C13H26N2O. The minimum atomic E-state index is 0.200. The van der Waals surface area contributed by atoms with Crippen LogP contribution >= 0.6 is 0 Å². The molecular weight excluding hydrogens is 200 g/mol. The number of hydrogen-bond acceptors (Lipinski definition) is 2. The minimum absolute atomic E-state index is 0.200. The van der Waals surface area contributed by atoms with Gasteiger partial charge in [0.05, 0.1) is 0 Å². The predicted octanol–water partition coefficient (Wildman–Crippen LogP) is 2.02. The number of nitrogens with one attached hydrogen (secondary N) is 1. The van der Waals surface area contributed by atoms with E-state index < -0.39 is 0 Å². The monoisotopic (exact) mass is 226 g/mol. The summed E-state index contributed by atoms with van der Waals surface area (Å²) in [5, 5.41) is 2.98. The van der Waals surface area contributed by atoms with Crippen molar-refractivity contribution in [3.63, 3.8) is 0 Å². The number of amides is 1. The highest BCUT2D eigenvalue weighted by molar-refractivity contribution is 5.75. The SMILES string of the molecule is CCCC(=O)NCCN1CCC(CC)CC1. The van der Waals surface area contributed by atoms with E-state index >= 15 is 0 Å². The van der Waals surface area contributed by atoms with Crippen molar-refractivity contribution in [3.05, 3.63) is 0 Å². The molecule has 0 radical (unpaired) electrons. The maximum absolute atomic E-state index is 11.3. The van der Waals surface area contributed by atoms with Crippen LogP contribution in [-0.2, 0) is 4.79 Å². The molecule has 94 valence electrons. The standard InChI is InChI=1S/C13H26N2O/c1-3-5-13(16)14-8-11-15-9-6-12(4-2)7-10-15/h12H,3-11H2,1-2H3,(H,14,16). The number of carbonyl (C=O) groups is 1. The Labute approximate surface area is 99.6 Å². The summed E-state index contributed by atoms with van der Waals surface area (Å²) >= 11 is 0. The molecule has 1 rings (SSSR count). The lowest BCUT2D eigenvalue weighted by atomic mass is 9.94. The number of rotatable bonds is 6. The third-order valence-corrected chi connectivity index (χ3v) is 3.51. The molecule has 0 saturated carbocycles. The molecule has 0 aromatic rings. The molecule has 0 atom stereocenters. The molecule has 1 N–H and O–H groups in total. The van der Waals surface area contributed by atoms with E-state index in [4.69, 9.17) is 0 Å². The van der Waals surface area contributed by atoms with Gasteiger partial charge < -0.3 is 10.2 Å². The highest BCUT2D eigenvalue weighted by Gasteiger charge is 2.16. The van der Waals surface area contributed by atoms with E-state index in [1.54, 1.807) is 0 Å². The number of hydrogen-bond donors (Lipinski definition) is 1. The Bertz CT molecular complexity index is 198. The summed E-state index contributed by atoms with van der Waals surface area (Å²) in [4.78, 5) is 13.7. The van der Waals surface area contributed by atoms with Crippen molar-refractivity contribution in [1.29, 1.82) is 0 Å². The van der Waals surface area contributed by atoms with Crippen LogP contribution in [0.25, 0.3) is 0 Å². The van der Waals surface area contributed by atoms with Gasteiger partial charge in [-0.05, 0) is 38.3 Å². The van der Waals surface area contributed by atoms with Gasteiger partial charge in [0.2, 0.25) is 5.91 Å². The summed E-state index contributed by atoms with van der Waals surface area (Å²) in [5.41, 5.74) is 0. The lowest BCUT2D eigenvalue weighted by Gasteiger charge is -2.31. The Morgan fingerprint density at radius 1 is 1.31 bits per heavy atom. The molecule has 0 aromatic carbocycles. The van der Waals surface area contributed by atoms with Crippen LogP contribution in [0.5, 0.6) is 0 Å². The van der Waals surface area contributed by atoms with E-state index in [0.29, 0.717) is 6.42 Å². The highest BCUT2D eigenvalue weighted by Crippen LogP contribution is 2.19. The van der Waals surface area contributed by atoms with Gasteiger partial charge >= 0.3 is 0 Å². The Morgan fingerprint density at radius 2 is 2.00 bits per heavy atom. The van der Waals surface area contributed by atoms with Crippen molar-refractivity contribution in [2.75, 3.05) is 26.2 Å². The third kappa shape index (κ3) is 4.97. The zero-order valence-corrected chi connectivity index (χ0v) is 10.8. The van der Waals surface area contributed by atoms with Gasteiger partial charge in [0.25, 0.3) is 0 Å². The zero-order valence-electron chi connectivity index (χ0n) is 10.8. The number of carbonyl (C=O) groups excluding carboxylic acids is 1. The first-order valence-electron chi connectivity index (χ1n) is 6.75. The van der Waals surface area contributed by atoms with Gasteiger partial charge in [0.1, 0.15) is 0 Å². The Hall–Kier alpha value is -0.570. The molecule has 3 nitrogen and oxygen atoms in total. The minimum Gasteiger partial charge on any atom is -0.355 e. The number of likely N-dealkylation sites (tertiary alicyclic amines) is 1. The van der Waals surface area contributed by atoms with Crippen LogP contribution < -0.4 is 5.32 Å². The van der Waals surface area contributed by atoms with Gasteiger partial charge in [-0.2, -0.15) is 0 Å². The molecule has 1 fully saturated rings. The van der Waals surface area contributed by atoms with E-state index in [9.17, 15) is 4.79 Å². The molecule has 1 aliphatic rings. The van der Waals surface area contributed by atoms with Crippen molar-refractivity contribution in [2.24, 2.45) is 5.92 Å². The van der Waals surface area contributed by atoms with Crippen LogP contribution in [0, 0.1) is 5.92 Å². The van der Waals surface area contributed by atoms with E-state index in [2.05, 4.69) is 17.1 Å². The van der Waals surface area contributed by atoms with Crippen molar-refractivity contribution in [2.45, 2.75) is 46.0 Å². The van der Waals surface area contributed by atoms with Gasteiger partial charge in [0, 0.05) is 19.5 Å². The van der Waals surface area contributed by atoms with Crippen LogP contribution in [0.15, 0.2) is 0 Å². The average Bonchev–Trinajstić information content (AvgIpc) is 2.30. The maximum Gasteiger partial charge on any atom is 0.220 e. The summed E-state index contributed by atoms with van der Waals surface area (Å²) in [6, 6.07) is 0. The summed E-state index contributed by atoms with van der Waals surface area (Å²) in [7, 11) is 0. The highest BCUT2D eigenvalue weighted by atomic mass is 16.1. The Kier molecular flexibility index (Phi) is 6.46. The van der Waals surface area contributed by atoms with E-state index in [0.717, 1.165) is 25.4 Å².